The molecule has 6 nitrogen and oxygen atoms in total. The average Bonchev–Trinajstić information content (AvgIpc) is 2.92. The molecule has 23 heavy (non-hydrogen) atoms. The highest BCUT2D eigenvalue weighted by atomic mass is 16.2. The Morgan fingerprint density at radius 1 is 1.35 bits per heavy atom. The van der Waals surface area contributed by atoms with E-state index < -0.39 is 0 Å². The molecule has 3 N–H and O–H groups in total. The molecule has 1 aliphatic carbocycles. The van der Waals surface area contributed by atoms with Crippen molar-refractivity contribution in [1.82, 2.24) is 15.1 Å². The van der Waals surface area contributed by atoms with Gasteiger partial charge in [-0.25, -0.2) is 0 Å². The van der Waals surface area contributed by atoms with Gasteiger partial charge in [-0.15, -0.1) is 0 Å². The third kappa shape index (κ3) is 5.18. The highest BCUT2D eigenvalue weighted by Crippen LogP contribution is 2.27. The van der Waals surface area contributed by atoms with Crippen LogP contribution in [0.25, 0.3) is 0 Å². The quantitative estimate of drug-likeness (QED) is 0.711. The Balaban J connectivity index is 1.83. The largest absolute Gasteiger partial charge is 0.352 e. The Morgan fingerprint density at radius 2 is 2.04 bits per heavy atom. The summed E-state index contributed by atoms with van der Waals surface area (Å²) in [6, 6.07) is 0.0636. The first-order chi connectivity index (χ1) is 11.0. The number of amides is 2. The number of rotatable bonds is 7. The van der Waals surface area contributed by atoms with Gasteiger partial charge in [0.2, 0.25) is 11.8 Å². The number of nitrogens with one attached hydrogen (secondary N) is 1. The van der Waals surface area contributed by atoms with E-state index in [1.54, 1.807) is 0 Å². The predicted octanol–water partition coefficient (Wildman–Crippen LogP) is 0.420. The second-order valence-corrected chi connectivity index (χ2v) is 7.29. The number of hydrogen-bond acceptors (Lipinski definition) is 4. The lowest BCUT2D eigenvalue weighted by molar-refractivity contribution is -0.129. The van der Waals surface area contributed by atoms with Crippen molar-refractivity contribution in [2.75, 3.05) is 40.3 Å². The van der Waals surface area contributed by atoms with E-state index in [-0.39, 0.29) is 23.8 Å². The molecule has 0 aromatic heterocycles. The standard InChI is InChI=1S/C17H32N4O2/c1-20(2)8-9-21-12-14(10-16(21)22)17(23)19-15(11-18)13-6-4-3-5-7-13/h13-15H,3-12,18H2,1-2H3,(H,19,23). The van der Waals surface area contributed by atoms with Crippen LogP contribution in [0.3, 0.4) is 0 Å². The zero-order valence-corrected chi connectivity index (χ0v) is 14.6. The van der Waals surface area contributed by atoms with Crippen LogP contribution in [0.1, 0.15) is 38.5 Å². The van der Waals surface area contributed by atoms with Gasteiger partial charge in [0.25, 0.3) is 0 Å². The van der Waals surface area contributed by atoms with E-state index in [2.05, 4.69) is 5.32 Å². The monoisotopic (exact) mass is 324 g/mol. The van der Waals surface area contributed by atoms with Gasteiger partial charge < -0.3 is 20.9 Å². The normalized spacial score (nSPS) is 24.3. The third-order valence-corrected chi connectivity index (χ3v) is 5.20. The van der Waals surface area contributed by atoms with Crippen molar-refractivity contribution < 1.29 is 9.59 Å². The van der Waals surface area contributed by atoms with E-state index in [1.165, 1.54) is 19.3 Å². The van der Waals surface area contributed by atoms with E-state index in [0.717, 1.165) is 19.4 Å². The number of nitrogens with zero attached hydrogens (tertiary/aromatic N) is 2. The first-order valence-corrected chi connectivity index (χ1v) is 8.94. The summed E-state index contributed by atoms with van der Waals surface area (Å²) < 4.78 is 0. The van der Waals surface area contributed by atoms with E-state index in [4.69, 9.17) is 5.73 Å². The van der Waals surface area contributed by atoms with E-state index in [9.17, 15) is 9.59 Å². The Bertz CT molecular complexity index is 407. The van der Waals surface area contributed by atoms with Crippen molar-refractivity contribution >= 4 is 11.8 Å². The molecule has 132 valence electrons. The summed E-state index contributed by atoms with van der Waals surface area (Å²) in [5.74, 6) is 0.377. The molecule has 0 radical (unpaired) electrons. The summed E-state index contributed by atoms with van der Waals surface area (Å²) in [5.41, 5.74) is 5.89. The molecule has 1 saturated carbocycles. The fraction of sp³-hybridized carbons (Fsp3) is 0.882. The molecule has 0 aromatic carbocycles. The topological polar surface area (TPSA) is 78.7 Å². The van der Waals surface area contributed by atoms with Gasteiger partial charge in [-0.05, 0) is 32.9 Å². The number of nitrogens with two attached hydrogens (primary N) is 1. The highest BCUT2D eigenvalue weighted by Gasteiger charge is 2.35. The first kappa shape index (κ1) is 18.2. The zero-order chi connectivity index (χ0) is 16.8. The molecular weight excluding hydrogens is 292 g/mol. The van der Waals surface area contributed by atoms with Gasteiger partial charge in [0, 0.05) is 38.6 Å². The van der Waals surface area contributed by atoms with Crippen LogP contribution < -0.4 is 11.1 Å². The number of likely N-dealkylation sites (tertiary alicyclic amines) is 1. The predicted molar refractivity (Wildman–Crippen MR) is 90.8 cm³/mol. The molecule has 0 bridgehead atoms. The van der Waals surface area contributed by atoms with Crippen molar-refractivity contribution in [3.63, 3.8) is 0 Å². The van der Waals surface area contributed by atoms with Gasteiger partial charge in [-0.3, -0.25) is 9.59 Å². The van der Waals surface area contributed by atoms with E-state index in [0.29, 0.717) is 32.0 Å². The summed E-state index contributed by atoms with van der Waals surface area (Å²) in [6.07, 6.45) is 6.40. The lowest BCUT2D eigenvalue weighted by Crippen LogP contribution is -2.48. The van der Waals surface area contributed by atoms with E-state index >= 15 is 0 Å². The fourth-order valence-corrected chi connectivity index (χ4v) is 3.69. The smallest absolute Gasteiger partial charge is 0.225 e. The second-order valence-electron chi connectivity index (χ2n) is 7.29. The lowest BCUT2D eigenvalue weighted by Gasteiger charge is -2.30. The Kier molecular flexibility index (Phi) is 6.84. The first-order valence-electron chi connectivity index (χ1n) is 8.94. The number of carbonyl (C=O) groups excluding carboxylic acids is 2. The maximum Gasteiger partial charge on any atom is 0.225 e. The molecule has 2 aliphatic rings. The van der Waals surface area contributed by atoms with Crippen LogP contribution in [0.2, 0.25) is 0 Å². The molecule has 6 heteroatoms. The Morgan fingerprint density at radius 3 is 2.65 bits per heavy atom. The van der Waals surface area contributed by atoms with Crippen molar-refractivity contribution in [3.8, 4) is 0 Å². The third-order valence-electron chi connectivity index (χ3n) is 5.20. The number of hydrogen-bond donors (Lipinski definition) is 2. The molecule has 1 aliphatic heterocycles. The Labute approximate surface area is 139 Å². The van der Waals surface area contributed by atoms with Gasteiger partial charge in [-0.2, -0.15) is 0 Å². The second kappa shape index (κ2) is 8.64. The molecule has 2 fully saturated rings. The summed E-state index contributed by atoms with van der Waals surface area (Å²) in [7, 11) is 3.97. The van der Waals surface area contributed by atoms with Crippen LogP contribution in [-0.4, -0.2) is 67.9 Å². The molecular formula is C17H32N4O2. The number of carbonyl (C=O) groups is 2. The van der Waals surface area contributed by atoms with Crippen molar-refractivity contribution in [1.29, 1.82) is 0 Å². The zero-order valence-electron chi connectivity index (χ0n) is 14.6. The summed E-state index contributed by atoms with van der Waals surface area (Å²) >= 11 is 0. The summed E-state index contributed by atoms with van der Waals surface area (Å²) in [5, 5.41) is 3.13. The van der Waals surface area contributed by atoms with Gasteiger partial charge in [0.05, 0.1) is 5.92 Å². The van der Waals surface area contributed by atoms with Crippen molar-refractivity contribution in [3.05, 3.63) is 0 Å². The van der Waals surface area contributed by atoms with Gasteiger partial charge in [-0.1, -0.05) is 19.3 Å². The van der Waals surface area contributed by atoms with Gasteiger partial charge >= 0.3 is 0 Å². The van der Waals surface area contributed by atoms with Crippen LogP contribution in [0.4, 0.5) is 0 Å². The van der Waals surface area contributed by atoms with Crippen LogP contribution in [-0.2, 0) is 9.59 Å². The summed E-state index contributed by atoms with van der Waals surface area (Å²) in [6.45, 7) is 2.55. The number of likely N-dealkylation sites (N-methyl/N-ethyl adjacent to an activating group) is 1. The van der Waals surface area contributed by atoms with Crippen LogP contribution >= 0.6 is 0 Å². The maximum atomic E-state index is 12.5. The lowest BCUT2D eigenvalue weighted by atomic mass is 9.83. The Hall–Kier alpha value is -1.14. The molecule has 1 saturated heterocycles. The molecule has 2 rings (SSSR count). The minimum Gasteiger partial charge on any atom is -0.352 e. The maximum absolute atomic E-state index is 12.5. The average molecular weight is 324 g/mol. The summed E-state index contributed by atoms with van der Waals surface area (Å²) in [4.78, 5) is 28.4. The van der Waals surface area contributed by atoms with Crippen LogP contribution in [0.15, 0.2) is 0 Å². The van der Waals surface area contributed by atoms with Crippen LogP contribution in [0, 0.1) is 11.8 Å². The van der Waals surface area contributed by atoms with Gasteiger partial charge in [0.15, 0.2) is 0 Å². The molecule has 2 atom stereocenters. The van der Waals surface area contributed by atoms with Gasteiger partial charge in [0.1, 0.15) is 0 Å². The van der Waals surface area contributed by atoms with Crippen molar-refractivity contribution in [2.45, 2.75) is 44.6 Å². The molecule has 1 heterocycles. The minimum atomic E-state index is -0.220. The molecule has 2 amide bonds. The van der Waals surface area contributed by atoms with Crippen LogP contribution in [0.5, 0.6) is 0 Å². The molecule has 0 aromatic rings. The minimum absolute atomic E-state index is 0.00623. The molecule has 0 spiro atoms. The van der Waals surface area contributed by atoms with E-state index in [1.807, 2.05) is 23.9 Å². The van der Waals surface area contributed by atoms with Crippen molar-refractivity contribution in [2.24, 2.45) is 17.6 Å². The molecule has 2 unspecified atom stereocenters. The SMILES string of the molecule is CN(C)CCN1CC(C(=O)NC(CN)C2CCCCC2)CC1=O. The fourth-order valence-electron chi connectivity index (χ4n) is 3.69. The highest BCUT2D eigenvalue weighted by molar-refractivity contribution is 5.89.